The van der Waals surface area contributed by atoms with Crippen LogP contribution in [0.15, 0.2) is 17.0 Å². The molecule has 0 spiro atoms. The summed E-state index contributed by atoms with van der Waals surface area (Å²) >= 11 is 0. The molecule has 0 atom stereocenters. The van der Waals surface area contributed by atoms with Gasteiger partial charge in [-0.05, 0) is 64.8 Å². The number of rotatable bonds is 5. The summed E-state index contributed by atoms with van der Waals surface area (Å²) in [6, 6.07) is 2.93. The maximum atomic E-state index is 12.4. The first-order chi connectivity index (χ1) is 9.54. The minimum absolute atomic E-state index is 0.00652. The van der Waals surface area contributed by atoms with Gasteiger partial charge in [-0.2, -0.15) is 0 Å². The van der Waals surface area contributed by atoms with Crippen LogP contribution in [0, 0.1) is 13.8 Å². The van der Waals surface area contributed by atoms with E-state index in [1.54, 1.807) is 33.8 Å². The number of sulfonamides is 1. The van der Waals surface area contributed by atoms with Crippen molar-refractivity contribution in [2.45, 2.75) is 58.5 Å². The number of nitrogens with one attached hydrogen (secondary N) is 2. The van der Waals surface area contributed by atoms with Crippen molar-refractivity contribution in [2.24, 2.45) is 0 Å². The number of benzene rings is 1. The zero-order chi connectivity index (χ0) is 16.4. The third-order valence-corrected chi connectivity index (χ3v) is 4.77. The molecule has 0 saturated heterocycles. The lowest BCUT2D eigenvalue weighted by atomic mass is 10.1. The van der Waals surface area contributed by atoms with E-state index in [2.05, 4.69) is 10.0 Å². The first-order valence-corrected chi connectivity index (χ1v) is 8.47. The Kier molecular flexibility index (Phi) is 5.53. The van der Waals surface area contributed by atoms with Gasteiger partial charge in [0.2, 0.25) is 10.0 Å². The average molecular weight is 312 g/mol. The van der Waals surface area contributed by atoms with E-state index in [0.717, 1.165) is 5.56 Å². The fourth-order valence-electron chi connectivity index (χ4n) is 1.96. The van der Waals surface area contributed by atoms with Crippen molar-refractivity contribution in [3.63, 3.8) is 0 Å². The van der Waals surface area contributed by atoms with E-state index in [0.29, 0.717) is 11.1 Å². The van der Waals surface area contributed by atoms with Gasteiger partial charge < -0.3 is 5.32 Å². The van der Waals surface area contributed by atoms with Crippen LogP contribution in [-0.2, 0) is 10.0 Å². The highest BCUT2D eigenvalue weighted by Crippen LogP contribution is 2.21. The van der Waals surface area contributed by atoms with E-state index >= 15 is 0 Å². The highest BCUT2D eigenvalue weighted by Gasteiger charge is 2.21. The molecule has 0 radical (unpaired) electrons. The van der Waals surface area contributed by atoms with Gasteiger partial charge in [-0.3, -0.25) is 4.79 Å². The summed E-state index contributed by atoms with van der Waals surface area (Å²) in [7, 11) is -3.63. The van der Waals surface area contributed by atoms with E-state index in [1.165, 1.54) is 6.07 Å². The van der Waals surface area contributed by atoms with E-state index < -0.39 is 10.0 Å². The number of carbonyl (C=O) groups is 1. The molecule has 1 aromatic carbocycles. The molecule has 0 unspecified atom stereocenters. The van der Waals surface area contributed by atoms with Crippen molar-refractivity contribution in [3.8, 4) is 0 Å². The molecule has 0 bridgehead atoms. The van der Waals surface area contributed by atoms with Crippen LogP contribution in [0.4, 0.5) is 0 Å². The predicted molar refractivity (Wildman–Crippen MR) is 84.0 cm³/mol. The molecule has 0 fully saturated rings. The maximum Gasteiger partial charge on any atom is 0.251 e. The quantitative estimate of drug-likeness (QED) is 0.874. The molecule has 1 amide bonds. The number of hydrogen-bond acceptors (Lipinski definition) is 3. The van der Waals surface area contributed by atoms with Crippen molar-refractivity contribution in [3.05, 3.63) is 28.8 Å². The largest absolute Gasteiger partial charge is 0.350 e. The van der Waals surface area contributed by atoms with Gasteiger partial charge in [0.1, 0.15) is 0 Å². The van der Waals surface area contributed by atoms with Crippen LogP contribution in [0.3, 0.4) is 0 Å². The Morgan fingerprint density at radius 3 is 2.10 bits per heavy atom. The Morgan fingerprint density at radius 2 is 1.62 bits per heavy atom. The average Bonchev–Trinajstić information content (AvgIpc) is 2.29. The van der Waals surface area contributed by atoms with Gasteiger partial charge in [-0.1, -0.05) is 0 Å². The van der Waals surface area contributed by atoms with Gasteiger partial charge in [0.05, 0.1) is 4.90 Å². The van der Waals surface area contributed by atoms with Crippen LogP contribution < -0.4 is 10.0 Å². The number of amides is 1. The highest BCUT2D eigenvalue weighted by atomic mass is 32.2. The van der Waals surface area contributed by atoms with Crippen molar-refractivity contribution < 1.29 is 13.2 Å². The van der Waals surface area contributed by atoms with Gasteiger partial charge >= 0.3 is 0 Å². The van der Waals surface area contributed by atoms with Gasteiger partial charge in [-0.15, -0.1) is 0 Å². The van der Waals surface area contributed by atoms with E-state index in [4.69, 9.17) is 0 Å². The molecular weight excluding hydrogens is 288 g/mol. The van der Waals surface area contributed by atoms with Gasteiger partial charge in [0.25, 0.3) is 5.91 Å². The highest BCUT2D eigenvalue weighted by molar-refractivity contribution is 7.89. The first-order valence-electron chi connectivity index (χ1n) is 6.99. The third kappa shape index (κ3) is 4.54. The van der Waals surface area contributed by atoms with Gasteiger partial charge in [0.15, 0.2) is 0 Å². The van der Waals surface area contributed by atoms with Crippen molar-refractivity contribution >= 4 is 15.9 Å². The Labute approximate surface area is 127 Å². The number of carbonyl (C=O) groups excluding carboxylic acids is 1. The Hall–Kier alpha value is -1.40. The zero-order valence-corrected chi connectivity index (χ0v) is 14.3. The normalized spacial score (nSPS) is 12.0. The molecule has 1 rings (SSSR count). The topological polar surface area (TPSA) is 75.3 Å². The minimum atomic E-state index is -3.63. The summed E-state index contributed by atoms with van der Waals surface area (Å²) < 4.78 is 27.3. The summed E-state index contributed by atoms with van der Waals surface area (Å²) in [6.45, 7) is 10.8. The van der Waals surface area contributed by atoms with E-state index in [9.17, 15) is 13.2 Å². The third-order valence-electron chi connectivity index (χ3n) is 2.98. The van der Waals surface area contributed by atoms with Crippen LogP contribution in [0.5, 0.6) is 0 Å². The van der Waals surface area contributed by atoms with Crippen LogP contribution >= 0.6 is 0 Å². The van der Waals surface area contributed by atoms with Crippen molar-refractivity contribution in [1.82, 2.24) is 10.0 Å². The maximum absolute atomic E-state index is 12.4. The SMILES string of the molecule is Cc1cc(C(=O)NC(C)C)cc(S(=O)(=O)NC(C)C)c1C. The lowest BCUT2D eigenvalue weighted by Gasteiger charge is -2.16. The van der Waals surface area contributed by atoms with Crippen LogP contribution in [-0.4, -0.2) is 26.4 Å². The predicted octanol–water partition coefficient (Wildman–Crippen LogP) is 2.13. The molecular formula is C15H24N2O3S. The number of aryl methyl sites for hydroxylation is 1. The first kappa shape index (κ1) is 17.7. The fraction of sp³-hybridized carbons (Fsp3) is 0.533. The van der Waals surface area contributed by atoms with Gasteiger partial charge in [-0.25, -0.2) is 13.1 Å². The molecule has 1 aromatic rings. The second-order valence-electron chi connectivity index (χ2n) is 5.82. The molecule has 0 heterocycles. The van der Waals surface area contributed by atoms with Crippen molar-refractivity contribution in [1.29, 1.82) is 0 Å². The van der Waals surface area contributed by atoms with E-state index in [1.807, 2.05) is 13.8 Å². The Balaban J connectivity index is 3.34. The molecule has 2 N–H and O–H groups in total. The second-order valence-corrected chi connectivity index (χ2v) is 7.50. The van der Waals surface area contributed by atoms with E-state index in [-0.39, 0.29) is 22.9 Å². The summed E-state index contributed by atoms with van der Waals surface area (Å²) in [6.07, 6.45) is 0. The van der Waals surface area contributed by atoms with Crippen LogP contribution in [0.2, 0.25) is 0 Å². The minimum Gasteiger partial charge on any atom is -0.350 e. The Bertz CT molecular complexity index is 635. The lowest BCUT2D eigenvalue weighted by Crippen LogP contribution is -2.32. The molecule has 6 heteroatoms. The van der Waals surface area contributed by atoms with Gasteiger partial charge in [0, 0.05) is 17.6 Å². The molecule has 118 valence electrons. The van der Waals surface area contributed by atoms with Crippen LogP contribution in [0.1, 0.15) is 49.2 Å². The second kappa shape index (κ2) is 6.58. The summed E-state index contributed by atoms with van der Waals surface area (Å²) in [5.74, 6) is -0.269. The standard InChI is InChI=1S/C15H24N2O3S/c1-9(2)16-15(18)13-7-11(5)12(6)14(8-13)21(19,20)17-10(3)4/h7-10,17H,1-6H3,(H,16,18). The summed E-state index contributed by atoms with van der Waals surface area (Å²) in [4.78, 5) is 12.3. The fourth-order valence-corrected chi connectivity index (χ4v) is 3.55. The molecule has 5 nitrogen and oxygen atoms in total. The molecule has 0 saturated carbocycles. The zero-order valence-electron chi connectivity index (χ0n) is 13.4. The molecule has 0 aliphatic heterocycles. The molecule has 0 aliphatic carbocycles. The smallest absolute Gasteiger partial charge is 0.251 e. The molecule has 0 aliphatic rings. The number of hydrogen-bond donors (Lipinski definition) is 2. The summed E-state index contributed by atoms with van der Waals surface area (Å²) in [5, 5.41) is 2.77. The monoisotopic (exact) mass is 312 g/mol. The summed E-state index contributed by atoms with van der Waals surface area (Å²) in [5.41, 5.74) is 1.79. The lowest BCUT2D eigenvalue weighted by molar-refractivity contribution is 0.0943. The van der Waals surface area contributed by atoms with Crippen LogP contribution in [0.25, 0.3) is 0 Å². The molecule has 21 heavy (non-hydrogen) atoms. The van der Waals surface area contributed by atoms with Crippen molar-refractivity contribution in [2.75, 3.05) is 0 Å². The molecule has 0 aromatic heterocycles. The Morgan fingerprint density at radius 1 is 1.05 bits per heavy atom.